The Morgan fingerprint density at radius 3 is 2.79 bits per heavy atom. The fourth-order valence-corrected chi connectivity index (χ4v) is 3.27. The first-order valence-electron chi connectivity index (χ1n) is 8.52. The maximum atomic E-state index is 12.6. The van der Waals surface area contributed by atoms with Gasteiger partial charge < -0.3 is 10.1 Å². The second-order valence-electron chi connectivity index (χ2n) is 6.11. The zero-order valence-corrected chi connectivity index (χ0v) is 13.8. The van der Waals surface area contributed by atoms with Crippen LogP contribution in [0.4, 0.5) is 0 Å². The number of fused-ring (bicyclic) bond motifs is 1. The molecule has 126 valence electrons. The zero-order valence-electron chi connectivity index (χ0n) is 13.8. The van der Waals surface area contributed by atoms with E-state index in [-0.39, 0.29) is 23.8 Å². The molecule has 5 heteroatoms. The van der Waals surface area contributed by atoms with Crippen molar-refractivity contribution >= 4 is 22.8 Å². The van der Waals surface area contributed by atoms with Gasteiger partial charge in [-0.25, -0.2) is 4.98 Å². The van der Waals surface area contributed by atoms with Crippen LogP contribution in [0.5, 0.6) is 0 Å². The van der Waals surface area contributed by atoms with Crippen molar-refractivity contribution in [1.82, 2.24) is 10.3 Å². The Hall–Kier alpha value is -2.43. The molecule has 1 aromatic carbocycles. The fraction of sp³-hybridized carbons (Fsp3) is 0.421. The molecule has 1 saturated carbocycles. The molecular formula is C19H22N2O3. The number of ether oxygens (including phenoxy) is 1. The average molecular weight is 326 g/mol. The smallest absolute Gasteiger partial charge is 0.311 e. The molecule has 2 atom stereocenters. The summed E-state index contributed by atoms with van der Waals surface area (Å²) in [6, 6.07) is 11.1. The quantitative estimate of drug-likeness (QED) is 0.877. The summed E-state index contributed by atoms with van der Waals surface area (Å²) in [6.07, 6.45) is 3.55. The van der Waals surface area contributed by atoms with E-state index in [0.29, 0.717) is 12.3 Å². The Balaban J connectivity index is 1.74. The van der Waals surface area contributed by atoms with Crippen LogP contribution in [0.25, 0.3) is 10.9 Å². The largest absolute Gasteiger partial charge is 0.466 e. The van der Waals surface area contributed by atoms with Gasteiger partial charge in [0.2, 0.25) is 0 Å². The summed E-state index contributed by atoms with van der Waals surface area (Å²) in [5, 5.41) is 3.98. The third-order valence-electron chi connectivity index (χ3n) is 4.50. The molecule has 0 aliphatic heterocycles. The summed E-state index contributed by atoms with van der Waals surface area (Å²) in [5.74, 6) is -0.709. The van der Waals surface area contributed by atoms with Crippen LogP contribution in [0.2, 0.25) is 0 Å². The maximum Gasteiger partial charge on any atom is 0.311 e. The van der Waals surface area contributed by atoms with Crippen molar-refractivity contribution in [3.05, 3.63) is 42.1 Å². The van der Waals surface area contributed by atoms with E-state index in [0.717, 1.165) is 36.6 Å². The van der Waals surface area contributed by atoms with Crippen LogP contribution in [0.3, 0.4) is 0 Å². The number of hydrogen-bond acceptors (Lipinski definition) is 4. The molecule has 0 spiro atoms. The molecule has 1 heterocycles. The van der Waals surface area contributed by atoms with Gasteiger partial charge >= 0.3 is 5.97 Å². The summed E-state index contributed by atoms with van der Waals surface area (Å²) in [5.41, 5.74) is 1.16. The molecule has 0 saturated heterocycles. The van der Waals surface area contributed by atoms with E-state index in [1.54, 1.807) is 13.0 Å². The lowest BCUT2D eigenvalue weighted by atomic mass is 9.84. The molecule has 1 N–H and O–H groups in total. The van der Waals surface area contributed by atoms with Crippen molar-refractivity contribution in [2.75, 3.05) is 6.61 Å². The molecule has 2 unspecified atom stereocenters. The molecule has 24 heavy (non-hydrogen) atoms. The first-order chi connectivity index (χ1) is 11.7. The van der Waals surface area contributed by atoms with E-state index in [4.69, 9.17) is 4.74 Å². The number of aromatic nitrogens is 1. The minimum atomic E-state index is -0.261. The lowest BCUT2D eigenvalue weighted by molar-refractivity contribution is -0.150. The van der Waals surface area contributed by atoms with Gasteiger partial charge in [-0.05, 0) is 31.9 Å². The van der Waals surface area contributed by atoms with Crippen molar-refractivity contribution in [2.24, 2.45) is 5.92 Å². The fourth-order valence-electron chi connectivity index (χ4n) is 3.27. The number of carbonyl (C=O) groups excluding carboxylic acids is 2. The summed E-state index contributed by atoms with van der Waals surface area (Å²) < 4.78 is 5.15. The number of nitrogens with one attached hydrogen (secondary N) is 1. The Bertz CT molecular complexity index is 744. The number of amides is 1. The number of carbonyl (C=O) groups is 2. The van der Waals surface area contributed by atoms with Crippen LogP contribution in [0.1, 0.15) is 43.1 Å². The topological polar surface area (TPSA) is 68.3 Å². The van der Waals surface area contributed by atoms with E-state index in [2.05, 4.69) is 10.3 Å². The molecule has 1 aliphatic carbocycles. The number of para-hydroxylation sites is 1. The van der Waals surface area contributed by atoms with Crippen LogP contribution in [0, 0.1) is 5.92 Å². The summed E-state index contributed by atoms with van der Waals surface area (Å²) in [4.78, 5) is 29.1. The van der Waals surface area contributed by atoms with Gasteiger partial charge in [-0.15, -0.1) is 0 Å². The molecular weight excluding hydrogens is 304 g/mol. The number of nitrogens with zero attached hydrogens (tertiary/aromatic N) is 1. The summed E-state index contributed by atoms with van der Waals surface area (Å²) in [6.45, 7) is 2.16. The lowest BCUT2D eigenvalue weighted by Crippen LogP contribution is -2.45. The highest BCUT2D eigenvalue weighted by molar-refractivity contribution is 5.95. The molecule has 1 amide bonds. The molecule has 1 fully saturated rings. The van der Waals surface area contributed by atoms with Crippen molar-refractivity contribution in [2.45, 2.75) is 38.6 Å². The van der Waals surface area contributed by atoms with Crippen molar-refractivity contribution < 1.29 is 14.3 Å². The molecule has 5 nitrogen and oxygen atoms in total. The number of esters is 1. The first-order valence-corrected chi connectivity index (χ1v) is 8.52. The Kier molecular flexibility index (Phi) is 5.08. The number of benzene rings is 1. The van der Waals surface area contributed by atoms with E-state index < -0.39 is 0 Å². The maximum absolute atomic E-state index is 12.6. The second kappa shape index (κ2) is 7.43. The van der Waals surface area contributed by atoms with Gasteiger partial charge in [0.1, 0.15) is 5.69 Å². The van der Waals surface area contributed by atoms with Crippen LogP contribution in [-0.4, -0.2) is 29.5 Å². The highest BCUT2D eigenvalue weighted by atomic mass is 16.5. The first kappa shape index (κ1) is 16.4. The van der Waals surface area contributed by atoms with Gasteiger partial charge in [0.15, 0.2) is 0 Å². The molecule has 0 bridgehead atoms. The molecule has 3 rings (SSSR count). The normalized spacial score (nSPS) is 20.5. The second-order valence-corrected chi connectivity index (χ2v) is 6.11. The third kappa shape index (κ3) is 3.55. The van der Waals surface area contributed by atoms with Gasteiger partial charge in [0.05, 0.1) is 18.0 Å². The minimum Gasteiger partial charge on any atom is -0.466 e. The van der Waals surface area contributed by atoms with Crippen molar-refractivity contribution in [3.63, 3.8) is 0 Å². The minimum absolute atomic E-state index is 0.182. The van der Waals surface area contributed by atoms with Gasteiger partial charge in [0.25, 0.3) is 5.91 Å². The van der Waals surface area contributed by atoms with Gasteiger partial charge in [-0.3, -0.25) is 9.59 Å². The van der Waals surface area contributed by atoms with Gasteiger partial charge in [0, 0.05) is 11.4 Å². The Morgan fingerprint density at radius 1 is 1.17 bits per heavy atom. The highest BCUT2D eigenvalue weighted by Gasteiger charge is 2.33. The van der Waals surface area contributed by atoms with Crippen molar-refractivity contribution in [1.29, 1.82) is 0 Å². The summed E-state index contributed by atoms with van der Waals surface area (Å²) in [7, 11) is 0. The van der Waals surface area contributed by atoms with Crippen molar-refractivity contribution in [3.8, 4) is 0 Å². The predicted octanol–water partition coefficient (Wildman–Crippen LogP) is 3.09. The highest BCUT2D eigenvalue weighted by Crippen LogP contribution is 2.26. The molecule has 1 aliphatic rings. The number of pyridine rings is 1. The van der Waals surface area contributed by atoms with E-state index in [9.17, 15) is 9.59 Å². The Morgan fingerprint density at radius 2 is 1.96 bits per heavy atom. The summed E-state index contributed by atoms with van der Waals surface area (Å²) >= 11 is 0. The molecule has 2 aromatic rings. The lowest BCUT2D eigenvalue weighted by Gasteiger charge is -2.30. The van der Waals surface area contributed by atoms with Crippen LogP contribution in [-0.2, 0) is 9.53 Å². The van der Waals surface area contributed by atoms with Crippen LogP contribution in [0.15, 0.2) is 36.4 Å². The number of rotatable bonds is 4. The Labute approximate surface area is 141 Å². The van der Waals surface area contributed by atoms with Gasteiger partial charge in [-0.2, -0.15) is 0 Å². The zero-order chi connectivity index (χ0) is 16.9. The van der Waals surface area contributed by atoms with E-state index in [1.165, 1.54) is 0 Å². The monoisotopic (exact) mass is 326 g/mol. The standard InChI is InChI=1S/C19H22N2O3/c1-2-24-19(23)14-8-4-6-10-16(14)21-18(22)17-12-11-13-7-3-5-9-15(13)20-17/h3,5,7,9,11-12,14,16H,2,4,6,8,10H2,1H3,(H,21,22). The SMILES string of the molecule is CCOC(=O)C1CCCCC1NC(=O)c1ccc2ccccc2n1. The molecule has 1 aromatic heterocycles. The van der Waals surface area contributed by atoms with E-state index >= 15 is 0 Å². The van der Waals surface area contributed by atoms with Crippen LogP contribution >= 0.6 is 0 Å². The van der Waals surface area contributed by atoms with Crippen LogP contribution < -0.4 is 5.32 Å². The third-order valence-corrected chi connectivity index (χ3v) is 4.50. The van der Waals surface area contributed by atoms with E-state index in [1.807, 2.05) is 30.3 Å². The predicted molar refractivity (Wildman–Crippen MR) is 91.6 cm³/mol. The van der Waals surface area contributed by atoms with Gasteiger partial charge in [-0.1, -0.05) is 37.1 Å². The molecule has 0 radical (unpaired) electrons. The number of hydrogen-bond donors (Lipinski definition) is 1. The average Bonchev–Trinajstić information content (AvgIpc) is 2.62.